The van der Waals surface area contributed by atoms with E-state index in [0.29, 0.717) is 11.5 Å². The molecule has 1 saturated heterocycles. The Labute approximate surface area is 199 Å². The van der Waals surface area contributed by atoms with E-state index in [4.69, 9.17) is 9.47 Å². The first-order chi connectivity index (χ1) is 14.2. The molecule has 7 heteroatoms. The Morgan fingerprint density at radius 2 is 1.80 bits per heavy atom. The van der Waals surface area contributed by atoms with Crippen molar-refractivity contribution in [3.05, 3.63) is 29.8 Å². The van der Waals surface area contributed by atoms with E-state index in [9.17, 15) is 0 Å². The van der Waals surface area contributed by atoms with Crippen LogP contribution in [0.3, 0.4) is 0 Å². The van der Waals surface area contributed by atoms with E-state index in [1.54, 1.807) is 14.2 Å². The second kappa shape index (κ2) is 12.7. The van der Waals surface area contributed by atoms with Gasteiger partial charge in [0, 0.05) is 33.9 Å². The molecule has 0 amide bonds. The fourth-order valence-corrected chi connectivity index (χ4v) is 4.53. The van der Waals surface area contributed by atoms with E-state index < -0.39 is 0 Å². The van der Waals surface area contributed by atoms with Crippen molar-refractivity contribution in [2.45, 2.75) is 44.6 Å². The standard InChI is InChI=1S/C23H38N4O2.HI/c1-24-22(26-18-23(11-6-12-23)13-16-28-2)25-17-21(27-14-4-5-15-27)19-7-9-20(29-3)10-8-19;/h7-10,21H,4-6,11-18H2,1-3H3,(H2,24,25,26);1H. The van der Waals surface area contributed by atoms with E-state index in [1.165, 1.54) is 37.7 Å². The van der Waals surface area contributed by atoms with Crippen LogP contribution in [0.25, 0.3) is 0 Å². The predicted molar refractivity (Wildman–Crippen MR) is 134 cm³/mol. The average molecular weight is 530 g/mol. The van der Waals surface area contributed by atoms with Crippen molar-refractivity contribution < 1.29 is 9.47 Å². The topological polar surface area (TPSA) is 58.1 Å². The van der Waals surface area contributed by atoms with Crippen molar-refractivity contribution in [1.82, 2.24) is 15.5 Å². The Kier molecular flexibility index (Phi) is 10.7. The number of methoxy groups -OCH3 is 2. The lowest BCUT2D eigenvalue weighted by atomic mass is 9.67. The first kappa shape index (κ1) is 25.2. The Morgan fingerprint density at radius 3 is 2.33 bits per heavy atom. The lowest BCUT2D eigenvalue weighted by Crippen LogP contribution is -2.48. The number of halogens is 1. The van der Waals surface area contributed by atoms with Crippen LogP contribution in [-0.4, -0.2) is 64.9 Å². The Balaban J connectivity index is 0.00000320. The summed E-state index contributed by atoms with van der Waals surface area (Å²) in [6.07, 6.45) is 7.57. The number of likely N-dealkylation sites (tertiary alicyclic amines) is 1. The van der Waals surface area contributed by atoms with Crippen LogP contribution in [0.4, 0.5) is 0 Å². The molecule has 1 aliphatic heterocycles. The highest BCUT2D eigenvalue weighted by Gasteiger charge is 2.36. The number of nitrogens with one attached hydrogen (secondary N) is 2. The monoisotopic (exact) mass is 530 g/mol. The summed E-state index contributed by atoms with van der Waals surface area (Å²) in [5, 5.41) is 7.17. The zero-order chi connectivity index (χ0) is 20.5. The third-order valence-corrected chi connectivity index (χ3v) is 6.65. The fourth-order valence-electron chi connectivity index (χ4n) is 4.53. The number of hydrogen-bond donors (Lipinski definition) is 2. The highest BCUT2D eigenvalue weighted by atomic mass is 127. The molecule has 170 valence electrons. The summed E-state index contributed by atoms with van der Waals surface area (Å²) in [5.74, 6) is 1.80. The maximum absolute atomic E-state index is 5.33. The average Bonchev–Trinajstić information content (AvgIpc) is 3.26. The Hall–Kier alpha value is -1.06. The van der Waals surface area contributed by atoms with E-state index in [2.05, 4.69) is 44.8 Å². The van der Waals surface area contributed by atoms with Gasteiger partial charge in [-0.2, -0.15) is 0 Å². The third-order valence-electron chi connectivity index (χ3n) is 6.65. The second-order valence-corrected chi connectivity index (χ2v) is 8.44. The van der Waals surface area contributed by atoms with Gasteiger partial charge in [-0.1, -0.05) is 18.6 Å². The van der Waals surface area contributed by atoms with Crippen LogP contribution in [0.5, 0.6) is 5.75 Å². The second-order valence-electron chi connectivity index (χ2n) is 8.44. The van der Waals surface area contributed by atoms with Gasteiger partial charge in [-0.15, -0.1) is 24.0 Å². The minimum absolute atomic E-state index is 0. The minimum Gasteiger partial charge on any atom is -0.497 e. The normalized spacial score (nSPS) is 19.5. The molecule has 2 fully saturated rings. The molecule has 1 aliphatic carbocycles. The predicted octanol–water partition coefficient (Wildman–Crippen LogP) is 3.82. The number of hydrogen-bond acceptors (Lipinski definition) is 4. The number of aliphatic imine (C=N–C) groups is 1. The zero-order valence-electron chi connectivity index (χ0n) is 18.8. The van der Waals surface area contributed by atoms with Gasteiger partial charge < -0.3 is 20.1 Å². The van der Waals surface area contributed by atoms with E-state index in [-0.39, 0.29) is 24.0 Å². The largest absolute Gasteiger partial charge is 0.497 e. The summed E-state index contributed by atoms with van der Waals surface area (Å²) in [5.41, 5.74) is 1.70. The Morgan fingerprint density at radius 1 is 1.10 bits per heavy atom. The van der Waals surface area contributed by atoms with Gasteiger partial charge in [0.15, 0.2) is 5.96 Å². The quantitative estimate of drug-likeness (QED) is 0.274. The van der Waals surface area contributed by atoms with Crippen molar-refractivity contribution in [1.29, 1.82) is 0 Å². The molecule has 1 atom stereocenters. The van der Waals surface area contributed by atoms with Gasteiger partial charge in [0.25, 0.3) is 0 Å². The fraction of sp³-hybridized carbons (Fsp3) is 0.696. The van der Waals surface area contributed by atoms with Crippen molar-refractivity contribution in [3.8, 4) is 5.75 Å². The van der Waals surface area contributed by atoms with Crippen LogP contribution in [-0.2, 0) is 4.74 Å². The van der Waals surface area contributed by atoms with Crippen LogP contribution in [0.1, 0.15) is 50.1 Å². The minimum atomic E-state index is 0. The SMILES string of the molecule is CN=C(NCC(c1ccc(OC)cc1)N1CCCC1)NCC1(CCOC)CCC1.I. The molecule has 0 spiro atoms. The number of ether oxygens (including phenoxy) is 2. The van der Waals surface area contributed by atoms with Crippen LogP contribution < -0.4 is 15.4 Å². The van der Waals surface area contributed by atoms with Crippen molar-refractivity contribution >= 4 is 29.9 Å². The van der Waals surface area contributed by atoms with E-state index in [1.807, 2.05) is 7.05 Å². The maximum Gasteiger partial charge on any atom is 0.191 e. The summed E-state index contributed by atoms with van der Waals surface area (Å²) in [7, 11) is 5.36. The number of benzene rings is 1. The van der Waals surface area contributed by atoms with Gasteiger partial charge in [-0.3, -0.25) is 9.89 Å². The summed E-state index contributed by atoms with van der Waals surface area (Å²) in [4.78, 5) is 7.05. The van der Waals surface area contributed by atoms with Crippen molar-refractivity contribution in [2.24, 2.45) is 10.4 Å². The highest BCUT2D eigenvalue weighted by molar-refractivity contribution is 14.0. The van der Waals surface area contributed by atoms with Gasteiger partial charge in [0.2, 0.25) is 0 Å². The molecule has 3 rings (SSSR count). The summed E-state index contributed by atoms with van der Waals surface area (Å²) < 4.78 is 10.7. The van der Waals surface area contributed by atoms with Crippen LogP contribution in [0.2, 0.25) is 0 Å². The Bertz CT molecular complexity index is 643. The molecule has 30 heavy (non-hydrogen) atoms. The first-order valence-corrected chi connectivity index (χ1v) is 11.0. The molecule has 2 aliphatic rings. The maximum atomic E-state index is 5.33. The number of rotatable bonds is 10. The van der Waals surface area contributed by atoms with Crippen LogP contribution >= 0.6 is 24.0 Å². The van der Waals surface area contributed by atoms with Gasteiger partial charge in [0.1, 0.15) is 5.75 Å². The molecular formula is C23H39IN4O2. The molecular weight excluding hydrogens is 491 g/mol. The summed E-state index contributed by atoms with van der Waals surface area (Å²) in [6, 6.07) is 8.83. The highest BCUT2D eigenvalue weighted by Crippen LogP contribution is 2.43. The van der Waals surface area contributed by atoms with Crippen LogP contribution in [0, 0.1) is 5.41 Å². The van der Waals surface area contributed by atoms with E-state index in [0.717, 1.165) is 50.9 Å². The third kappa shape index (κ3) is 6.72. The summed E-state index contributed by atoms with van der Waals surface area (Å²) >= 11 is 0. The molecule has 1 heterocycles. The molecule has 1 saturated carbocycles. The van der Waals surface area contributed by atoms with Crippen LogP contribution in [0.15, 0.2) is 29.3 Å². The molecule has 2 N–H and O–H groups in total. The number of guanidine groups is 1. The van der Waals surface area contributed by atoms with Gasteiger partial charge in [-0.25, -0.2) is 0 Å². The molecule has 0 bridgehead atoms. The first-order valence-electron chi connectivity index (χ1n) is 11.0. The van der Waals surface area contributed by atoms with Gasteiger partial charge >= 0.3 is 0 Å². The van der Waals surface area contributed by atoms with Gasteiger partial charge in [0.05, 0.1) is 13.2 Å². The lowest BCUT2D eigenvalue weighted by molar-refractivity contribution is 0.0732. The van der Waals surface area contributed by atoms with Crippen molar-refractivity contribution in [3.63, 3.8) is 0 Å². The number of nitrogens with zero attached hydrogens (tertiary/aromatic N) is 2. The molecule has 0 aromatic heterocycles. The zero-order valence-corrected chi connectivity index (χ0v) is 21.1. The molecule has 0 radical (unpaired) electrons. The van der Waals surface area contributed by atoms with E-state index >= 15 is 0 Å². The smallest absolute Gasteiger partial charge is 0.191 e. The summed E-state index contributed by atoms with van der Waals surface area (Å²) in [6.45, 7) is 4.96. The van der Waals surface area contributed by atoms with Crippen molar-refractivity contribution in [2.75, 3.05) is 54.1 Å². The van der Waals surface area contributed by atoms with Gasteiger partial charge in [-0.05, 0) is 68.3 Å². The molecule has 6 nitrogen and oxygen atoms in total. The lowest BCUT2D eigenvalue weighted by Gasteiger charge is -2.42. The molecule has 1 aromatic rings. The molecule has 1 unspecified atom stereocenters. The molecule has 1 aromatic carbocycles.